The monoisotopic (exact) mass is 236 g/mol. The summed E-state index contributed by atoms with van der Waals surface area (Å²) in [7, 11) is 2.86. The molecule has 0 atom stereocenters. The number of nitrogens with zero attached hydrogens (tertiary/aromatic N) is 3. The normalized spacial score (nSPS) is 9.94. The molecule has 0 aliphatic carbocycles. The summed E-state index contributed by atoms with van der Waals surface area (Å²) < 4.78 is 9.95. The van der Waals surface area contributed by atoms with E-state index in [-0.39, 0.29) is 18.4 Å². The average Bonchev–Trinajstić information content (AvgIpc) is 2.37. The third kappa shape index (κ3) is 2.98. The van der Waals surface area contributed by atoms with Crippen LogP contribution in [0.5, 0.6) is 11.9 Å². The molecule has 0 saturated heterocycles. The number of hydrogen-bond donors (Lipinski definition) is 2. The lowest BCUT2D eigenvalue weighted by molar-refractivity contribution is 0.321. The molecule has 2 N–H and O–H groups in total. The highest BCUT2D eigenvalue weighted by Crippen LogP contribution is 2.23. The molecule has 0 saturated carbocycles. The summed E-state index contributed by atoms with van der Waals surface area (Å²) in [5, 5.41) is 14.3. The fourth-order valence-corrected chi connectivity index (χ4v) is 1.12. The van der Waals surface area contributed by atoms with Gasteiger partial charge in [-0.2, -0.15) is 9.97 Å². The van der Waals surface area contributed by atoms with Crippen molar-refractivity contribution >= 4 is 12.0 Å². The van der Waals surface area contributed by atoms with E-state index in [4.69, 9.17) is 21.1 Å². The maximum absolute atomic E-state index is 8.58. The fraction of sp³-hybridized carbons (Fsp3) is 0.300. The molecule has 17 heavy (non-hydrogen) atoms. The van der Waals surface area contributed by atoms with Crippen LogP contribution in [0, 0.1) is 12.3 Å². The Hall–Kier alpha value is -2.49. The Labute approximate surface area is 98.5 Å². The standard InChI is InChI=1S/C10H12N4O3/c1-4-5-11-8-7(6-12-15)9(16-2)14-10(13-8)17-3/h1,6,15H,5H2,2-3H3,(H,11,13,14)/b12-6+. The zero-order chi connectivity index (χ0) is 12.7. The van der Waals surface area contributed by atoms with Crippen LogP contribution in [-0.2, 0) is 0 Å². The molecule has 0 bridgehead atoms. The van der Waals surface area contributed by atoms with Crippen molar-refractivity contribution in [3.63, 3.8) is 0 Å². The van der Waals surface area contributed by atoms with Gasteiger partial charge in [-0.25, -0.2) is 0 Å². The predicted octanol–water partition coefficient (Wildman–Crippen LogP) is 0.347. The molecule has 0 radical (unpaired) electrons. The van der Waals surface area contributed by atoms with Crippen LogP contribution in [0.2, 0.25) is 0 Å². The van der Waals surface area contributed by atoms with Gasteiger partial charge < -0.3 is 20.0 Å². The molecular formula is C10H12N4O3. The molecule has 7 nitrogen and oxygen atoms in total. The second-order valence-corrected chi connectivity index (χ2v) is 2.78. The number of anilines is 1. The van der Waals surface area contributed by atoms with Crippen LogP contribution < -0.4 is 14.8 Å². The van der Waals surface area contributed by atoms with E-state index >= 15 is 0 Å². The average molecular weight is 236 g/mol. The Morgan fingerprint density at radius 2 is 2.24 bits per heavy atom. The van der Waals surface area contributed by atoms with Crippen LogP contribution in [0.15, 0.2) is 5.16 Å². The molecular weight excluding hydrogens is 224 g/mol. The molecule has 1 aromatic rings. The highest BCUT2D eigenvalue weighted by molar-refractivity contribution is 5.89. The van der Waals surface area contributed by atoms with E-state index in [0.717, 1.165) is 6.21 Å². The lowest BCUT2D eigenvalue weighted by Gasteiger charge is -2.10. The second-order valence-electron chi connectivity index (χ2n) is 2.78. The molecule has 0 fully saturated rings. The first-order chi connectivity index (χ1) is 8.26. The lowest BCUT2D eigenvalue weighted by Crippen LogP contribution is -2.09. The Morgan fingerprint density at radius 1 is 1.47 bits per heavy atom. The van der Waals surface area contributed by atoms with E-state index in [0.29, 0.717) is 11.4 Å². The third-order valence-corrected chi connectivity index (χ3v) is 1.81. The van der Waals surface area contributed by atoms with Crippen molar-refractivity contribution in [1.82, 2.24) is 9.97 Å². The van der Waals surface area contributed by atoms with Gasteiger partial charge in [0.05, 0.1) is 27.0 Å². The number of methoxy groups -OCH3 is 2. The van der Waals surface area contributed by atoms with Crippen molar-refractivity contribution in [3.8, 4) is 24.2 Å². The number of oxime groups is 1. The zero-order valence-electron chi connectivity index (χ0n) is 9.47. The van der Waals surface area contributed by atoms with Crippen LogP contribution >= 0.6 is 0 Å². The predicted molar refractivity (Wildman–Crippen MR) is 61.8 cm³/mol. The highest BCUT2D eigenvalue weighted by Gasteiger charge is 2.13. The van der Waals surface area contributed by atoms with Gasteiger partial charge in [-0.3, -0.25) is 0 Å². The van der Waals surface area contributed by atoms with Crippen molar-refractivity contribution in [3.05, 3.63) is 5.56 Å². The third-order valence-electron chi connectivity index (χ3n) is 1.81. The Bertz CT molecular complexity index is 454. The molecule has 0 aliphatic heterocycles. The van der Waals surface area contributed by atoms with E-state index < -0.39 is 0 Å². The zero-order valence-corrected chi connectivity index (χ0v) is 9.47. The first-order valence-corrected chi connectivity index (χ1v) is 4.61. The number of hydrogen-bond acceptors (Lipinski definition) is 7. The first kappa shape index (κ1) is 12.6. The van der Waals surface area contributed by atoms with Gasteiger partial charge in [0.2, 0.25) is 5.88 Å². The molecule has 0 amide bonds. The van der Waals surface area contributed by atoms with E-state index in [1.807, 2.05) is 0 Å². The lowest BCUT2D eigenvalue weighted by atomic mass is 10.3. The van der Waals surface area contributed by atoms with Gasteiger partial charge in [-0.05, 0) is 0 Å². The molecule has 0 unspecified atom stereocenters. The summed E-state index contributed by atoms with van der Waals surface area (Å²) in [6.45, 7) is 0.260. The van der Waals surface area contributed by atoms with Gasteiger partial charge in [0.15, 0.2) is 0 Å². The number of aromatic nitrogens is 2. The van der Waals surface area contributed by atoms with Gasteiger partial charge in [0.1, 0.15) is 11.4 Å². The van der Waals surface area contributed by atoms with Gasteiger partial charge >= 0.3 is 6.01 Å². The topological polar surface area (TPSA) is 88.9 Å². The molecule has 1 aromatic heterocycles. The van der Waals surface area contributed by atoms with Crippen LogP contribution in [0.25, 0.3) is 0 Å². The minimum absolute atomic E-state index is 0.122. The number of rotatable bonds is 5. The summed E-state index contributed by atoms with van der Waals surface area (Å²) in [5.74, 6) is 2.98. The second kappa shape index (κ2) is 6.17. The van der Waals surface area contributed by atoms with Crippen molar-refractivity contribution in [2.45, 2.75) is 0 Å². The first-order valence-electron chi connectivity index (χ1n) is 4.61. The smallest absolute Gasteiger partial charge is 0.321 e. The van der Waals surface area contributed by atoms with Crippen molar-refractivity contribution < 1.29 is 14.7 Å². The summed E-state index contributed by atoms with van der Waals surface area (Å²) in [4.78, 5) is 7.98. The Morgan fingerprint density at radius 3 is 2.76 bits per heavy atom. The minimum atomic E-state index is 0.122. The summed E-state index contributed by atoms with van der Waals surface area (Å²) in [6, 6.07) is 0.122. The van der Waals surface area contributed by atoms with Gasteiger partial charge in [0.25, 0.3) is 0 Å². The van der Waals surface area contributed by atoms with E-state index in [1.54, 1.807) is 0 Å². The van der Waals surface area contributed by atoms with Crippen molar-refractivity contribution in [2.75, 3.05) is 26.1 Å². The number of terminal acetylenes is 1. The molecule has 90 valence electrons. The molecule has 1 rings (SSSR count). The SMILES string of the molecule is C#CCNc1nc(OC)nc(OC)c1/C=N/O. The van der Waals surface area contributed by atoms with Crippen molar-refractivity contribution in [1.29, 1.82) is 0 Å². The van der Waals surface area contributed by atoms with Gasteiger partial charge in [-0.15, -0.1) is 6.42 Å². The van der Waals surface area contributed by atoms with Crippen LogP contribution in [0.4, 0.5) is 5.82 Å². The summed E-state index contributed by atoms with van der Waals surface area (Å²) >= 11 is 0. The van der Waals surface area contributed by atoms with Gasteiger partial charge in [0, 0.05) is 0 Å². The molecule has 0 aliphatic rings. The Balaban J connectivity index is 3.25. The number of nitrogens with one attached hydrogen (secondary N) is 1. The van der Waals surface area contributed by atoms with Crippen LogP contribution in [0.1, 0.15) is 5.56 Å². The van der Waals surface area contributed by atoms with E-state index in [2.05, 4.69) is 26.4 Å². The molecule has 0 aromatic carbocycles. The Kier molecular flexibility index (Phi) is 4.57. The maximum atomic E-state index is 8.58. The fourth-order valence-electron chi connectivity index (χ4n) is 1.12. The summed E-state index contributed by atoms with van der Waals surface area (Å²) in [6.07, 6.45) is 6.29. The minimum Gasteiger partial charge on any atom is -0.480 e. The molecule has 1 heterocycles. The van der Waals surface area contributed by atoms with Gasteiger partial charge in [-0.1, -0.05) is 11.1 Å². The van der Waals surface area contributed by atoms with E-state index in [9.17, 15) is 0 Å². The summed E-state index contributed by atoms with van der Waals surface area (Å²) in [5.41, 5.74) is 0.381. The maximum Gasteiger partial charge on any atom is 0.321 e. The largest absolute Gasteiger partial charge is 0.480 e. The van der Waals surface area contributed by atoms with Crippen LogP contribution in [-0.4, -0.2) is 42.2 Å². The van der Waals surface area contributed by atoms with E-state index in [1.165, 1.54) is 14.2 Å². The quantitative estimate of drug-likeness (QED) is 0.332. The molecule has 0 spiro atoms. The highest BCUT2D eigenvalue weighted by atomic mass is 16.5. The van der Waals surface area contributed by atoms with Crippen LogP contribution in [0.3, 0.4) is 0 Å². The van der Waals surface area contributed by atoms with Crippen molar-refractivity contribution in [2.24, 2.45) is 5.16 Å². The molecule has 7 heteroatoms. The number of ether oxygens (including phenoxy) is 2.